The normalized spacial score (nSPS) is 9.69. The first kappa shape index (κ1) is 18.1. The van der Waals surface area contributed by atoms with Crippen LogP contribution in [0.1, 0.15) is 52.4 Å². The van der Waals surface area contributed by atoms with Gasteiger partial charge in [0.05, 0.1) is 0 Å². The van der Waals surface area contributed by atoms with Gasteiger partial charge in [-0.05, 0) is 33.2 Å². The summed E-state index contributed by atoms with van der Waals surface area (Å²) in [4.78, 5) is 13.5. The molecule has 16 heavy (non-hydrogen) atoms. The molecule has 98 valence electrons. The molecule has 4 heteroatoms. The molecule has 0 aromatic rings. The Hall–Kier alpha value is -0.280. The Morgan fingerprint density at radius 1 is 1.00 bits per heavy atom. The van der Waals surface area contributed by atoms with Gasteiger partial charge in [-0.1, -0.05) is 19.3 Å². The number of nitrogens with two attached hydrogens (primary N) is 1. The number of amides is 1. The van der Waals surface area contributed by atoms with Crippen LogP contribution >= 0.6 is 12.4 Å². The van der Waals surface area contributed by atoms with Gasteiger partial charge >= 0.3 is 0 Å². The average molecular weight is 251 g/mol. The average Bonchev–Trinajstić information content (AvgIpc) is 2.25. The highest BCUT2D eigenvalue weighted by Crippen LogP contribution is 2.06. The summed E-state index contributed by atoms with van der Waals surface area (Å²) in [6.07, 6.45) is 6.43. The molecule has 0 heterocycles. The van der Waals surface area contributed by atoms with Crippen LogP contribution in [-0.4, -0.2) is 30.4 Å². The Morgan fingerprint density at radius 2 is 1.50 bits per heavy atom. The molecule has 0 aliphatic rings. The molecule has 0 radical (unpaired) electrons. The second-order valence-corrected chi connectivity index (χ2v) is 3.87. The zero-order valence-electron chi connectivity index (χ0n) is 10.7. The van der Waals surface area contributed by atoms with E-state index < -0.39 is 0 Å². The smallest absolute Gasteiger partial charge is 0.222 e. The van der Waals surface area contributed by atoms with Gasteiger partial charge in [0.2, 0.25) is 5.91 Å². The lowest BCUT2D eigenvalue weighted by atomic mass is 10.1. The quantitative estimate of drug-likeness (QED) is 0.640. The molecule has 0 fully saturated rings. The molecule has 0 atom stereocenters. The summed E-state index contributed by atoms with van der Waals surface area (Å²) in [5.74, 6) is 0.304. The highest BCUT2D eigenvalue weighted by atomic mass is 35.5. The van der Waals surface area contributed by atoms with Gasteiger partial charge in [-0.15, -0.1) is 12.4 Å². The van der Waals surface area contributed by atoms with E-state index in [0.717, 1.165) is 38.9 Å². The Morgan fingerprint density at radius 3 is 2.00 bits per heavy atom. The fourth-order valence-electron chi connectivity index (χ4n) is 1.69. The van der Waals surface area contributed by atoms with Gasteiger partial charge in [0.1, 0.15) is 0 Å². The molecule has 3 nitrogen and oxygen atoms in total. The maximum atomic E-state index is 11.6. The molecule has 0 saturated heterocycles. The largest absolute Gasteiger partial charge is 0.343 e. The zero-order valence-corrected chi connectivity index (χ0v) is 11.5. The Bertz CT molecular complexity index is 161. The van der Waals surface area contributed by atoms with Crippen molar-refractivity contribution in [2.75, 3.05) is 19.6 Å². The number of carbonyl (C=O) groups is 1. The van der Waals surface area contributed by atoms with Crippen molar-refractivity contribution in [1.82, 2.24) is 4.90 Å². The van der Waals surface area contributed by atoms with Gasteiger partial charge in [0.15, 0.2) is 0 Å². The number of rotatable bonds is 9. The van der Waals surface area contributed by atoms with Crippen molar-refractivity contribution in [3.63, 3.8) is 0 Å². The molecule has 0 aromatic heterocycles. The summed E-state index contributed by atoms with van der Waals surface area (Å²) >= 11 is 0. The summed E-state index contributed by atoms with van der Waals surface area (Å²) in [5, 5.41) is 0. The second-order valence-electron chi connectivity index (χ2n) is 3.87. The first-order valence-electron chi connectivity index (χ1n) is 6.24. The van der Waals surface area contributed by atoms with E-state index in [1.54, 1.807) is 0 Å². The summed E-state index contributed by atoms with van der Waals surface area (Å²) in [7, 11) is 0. The fraction of sp³-hybridized carbons (Fsp3) is 0.917. The predicted octanol–water partition coefficient (Wildman–Crippen LogP) is 2.58. The van der Waals surface area contributed by atoms with Crippen LogP contribution in [0, 0.1) is 0 Å². The summed E-state index contributed by atoms with van der Waals surface area (Å²) in [6.45, 7) is 6.52. The topological polar surface area (TPSA) is 46.3 Å². The van der Waals surface area contributed by atoms with Crippen LogP contribution < -0.4 is 5.73 Å². The van der Waals surface area contributed by atoms with Crippen molar-refractivity contribution in [2.24, 2.45) is 5.73 Å². The molecule has 0 bridgehead atoms. The molecule has 0 saturated carbocycles. The lowest BCUT2D eigenvalue weighted by Gasteiger charge is -2.18. The summed E-state index contributed by atoms with van der Waals surface area (Å²) in [6, 6.07) is 0. The van der Waals surface area contributed by atoms with Crippen LogP contribution in [0.3, 0.4) is 0 Å². The minimum atomic E-state index is 0. The number of unbranched alkanes of at least 4 members (excludes halogenated alkanes) is 4. The van der Waals surface area contributed by atoms with E-state index in [4.69, 9.17) is 5.73 Å². The van der Waals surface area contributed by atoms with Crippen LogP contribution in [0.25, 0.3) is 0 Å². The molecule has 0 aliphatic heterocycles. The third kappa shape index (κ3) is 8.98. The SMILES string of the molecule is CCN(CC)C(=O)CCCCCCCN.Cl. The Balaban J connectivity index is 0. The number of carbonyl (C=O) groups excluding carboxylic acids is 1. The zero-order chi connectivity index (χ0) is 11.5. The first-order valence-corrected chi connectivity index (χ1v) is 6.24. The van der Waals surface area contributed by atoms with E-state index in [1.165, 1.54) is 12.8 Å². The number of hydrogen-bond acceptors (Lipinski definition) is 2. The van der Waals surface area contributed by atoms with Crippen molar-refractivity contribution in [3.8, 4) is 0 Å². The molecule has 1 amide bonds. The highest BCUT2D eigenvalue weighted by molar-refractivity contribution is 5.85. The minimum Gasteiger partial charge on any atom is -0.343 e. The molecular formula is C12H27ClN2O. The summed E-state index contributed by atoms with van der Waals surface area (Å²) in [5.41, 5.74) is 5.41. The van der Waals surface area contributed by atoms with Gasteiger partial charge in [0, 0.05) is 19.5 Å². The predicted molar refractivity (Wildman–Crippen MR) is 71.9 cm³/mol. The molecule has 0 unspecified atom stereocenters. The monoisotopic (exact) mass is 250 g/mol. The molecule has 0 aromatic carbocycles. The van der Waals surface area contributed by atoms with Crippen LogP contribution in [0.2, 0.25) is 0 Å². The lowest BCUT2D eigenvalue weighted by Crippen LogP contribution is -2.30. The van der Waals surface area contributed by atoms with Gasteiger partial charge < -0.3 is 10.6 Å². The second kappa shape index (κ2) is 12.8. The van der Waals surface area contributed by atoms with Crippen LogP contribution in [0.4, 0.5) is 0 Å². The Labute approximate surface area is 106 Å². The number of nitrogens with zero attached hydrogens (tertiary/aromatic N) is 1. The summed E-state index contributed by atoms with van der Waals surface area (Å²) < 4.78 is 0. The standard InChI is InChI=1S/C12H26N2O.ClH/c1-3-14(4-2)12(15)10-8-6-5-7-9-11-13;/h3-11,13H2,1-2H3;1H. The van der Waals surface area contributed by atoms with Gasteiger partial charge in [-0.2, -0.15) is 0 Å². The molecule has 0 aliphatic carbocycles. The molecule has 0 spiro atoms. The van der Waals surface area contributed by atoms with E-state index in [9.17, 15) is 4.79 Å². The highest BCUT2D eigenvalue weighted by Gasteiger charge is 2.07. The number of hydrogen-bond donors (Lipinski definition) is 1. The van der Waals surface area contributed by atoms with E-state index in [-0.39, 0.29) is 12.4 Å². The first-order chi connectivity index (χ1) is 7.26. The van der Waals surface area contributed by atoms with Crippen LogP contribution in [-0.2, 0) is 4.79 Å². The van der Waals surface area contributed by atoms with E-state index >= 15 is 0 Å². The van der Waals surface area contributed by atoms with Gasteiger partial charge in [0.25, 0.3) is 0 Å². The van der Waals surface area contributed by atoms with Crippen molar-refractivity contribution in [1.29, 1.82) is 0 Å². The van der Waals surface area contributed by atoms with Crippen LogP contribution in [0.5, 0.6) is 0 Å². The van der Waals surface area contributed by atoms with Crippen molar-refractivity contribution in [2.45, 2.75) is 52.4 Å². The van der Waals surface area contributed by atoms with Gasteiger partial charge in [-0.25, -0.2) is 0 Å². The molecule has 2 N–H and O–H groups in total. The van der Waals surface area contributed by atoms with E-state index in [1.807, 2.05) is 18.7 Å². The fourth-order valence-corrected chi connectivity index (χ4v) is 1.69. The molecule has 0 rings (SSSR count). The Kier molecular flexibility index (Phi) is 14.5. The van der Waals surface area contributed by atoms with E-state index in [0.29, 0.717) is 12.3 Å². The van der Waals surface area contributed by atoms with Gasteiger partial charge in [-0.3, -0.25) is 4.79 Å². The van der Waals surface area contributed by atoms with Crippen molar-refractivity contribution in [3.05, 3.63) is 0 Å². The molecular weight excluding hydrogens is 224 g/mol. The minimum absolute atomic E-state index is 0. The third-order valence-electron chi connectivity index (χ3n) is 2.71. The lowest BCUT2D eigenvalue weighted by molar-refractivity contribution is -0.130. The third-order valence-corrected chi connectivity index (χ3v) is 2.71. The maximum absolute atomic E-state index is 11.6. The van der Waals surface area contributed by atoms with Crippen LogP contribution in [0.15, 0.2) is 0 Å². The van der Waals surface area contributed by atoms with Crippen molar-refractivity contribution < 1.29 is 4.79 Å². The maximum Gasteiger partial charge on any atom is 0.222 e. The van der Waals surface area contributed by atoms with E-state index in [2.05, 4.69) is 0 Å². The van der Waals surface area contributed by atoms with Crippen molar-refractivity contribution >= 4 is 18.3 Å². The number of halogens is 1.